The Hall–Kier alpha value is -3.24. The summed E-state index contributed by atoms with van der Waals surface area (Å²) in [5.74, 6) is -1.19. The van der Waals surface area contributed by atoms with Gasteiger partial charge in [0.25, 0.3) is 17.5 Å². The zero-order chi connectivity index (χ0) is 23.5. The molecule has 2 heterocycles. The highest BCUT2D eigenvalue weighted by atomic mass is 35.5. The van der Waals surface area contributed by atoms with Gasteiger partial charge in [-0.05, 0) is 24.3 Å². The van der Waals surface area contributed by atoms with Crippen LogP contribution in [-0.2, 0) is 4.74 Å². The number of hydrogen-bond donors (Lipinski definition) is 0. The topological polar surface area (TPSA) is 96.2 Å². The molecular formula is C22H22ClFN4O5. The molecule has 174 valence electrons. The zero-order valence-corrected chi connectivity index (χ0v) is 18.5. The third kappa shape index (κ3) is 4.91. The fraction of sp³-hybridized carbons (Fsp3) is 0.364. The predicted molar refractivity (Wildman–Crippen MR) is 119 cm³/mol. The zero-order valence-electron chi connectivity index (χ0n) is 17.7. The molecular weight excluding hydrogens is 455 g/mol. The lowest BCUT2D eigenvalue weighted by molar-refractivity contribution is -0.384. The summed E-state index contributed by atoms with van der Waals surface area (Å²) in [6.45, 7) is 3.23. The Morgan fingerprint density at radius 3 is 2.09 bits per heavy atom. The third-order valence-corrected chi connectivity index (χ3v) is 6.10. The number of nitro benzene ring substituents is 1. The van der Waals surface area contributed by atoms with Crippen molar-refractivity contribution >= 4 is 34.8 Å². The number of hydrogen-bond acceptors (Lipinski definition) is 6. The fourth-order valence-corrected chi connectivity index (χ4v) is 4.25. The van der Waals surface area contributed by atoms with Crippen LogP contribution in [0.15, 0.2) is 36.4 Å². The lowest BCUT2D eigenvalue weighted by Crippen LogP contribution is -2.51. The van der Waals surface area contributed by atoms with E-state index in [1.165, 1.54) is 24.3 Å². The minimum atomic E-state index is -0.528. The molecule has 0 spiro atoms. The van der Waals surface area contributed by atoms with Crippen molar-refractivity contribution in [3.8, 4) is 0 Å². The number of nitrogens with zero attached hydrogens (tertiary/aromatic N) is 4. The molecule has 33 heavy (non-hydrogen) atoms. The van der Waals surface area contributed by atoms with Gasteiger partial charge in [-0.2, -0.15) is 0 Å². The highest BCUT2D eigenvalue weighted by Gasteiger charge is 2.30. The van der Waals surface area contributed by atoms with Gasteiger partial charge < -0.3 is 19.4 Å². The van der Waals surface area contributed by atoms with Gasteiger partial charge >= 0.3 is 0 Å². The lowest BCUT2D eigenvalue weighted by atomic mass is 10.1. The first-order chi connectivity index (χ1) is 15.8. The Morgan fingerprint density at radius 1 is 0.909 bits per heavy atom. The molecule has 9 nitrogen and oxygen atoms in total. The van der Waals surface area contributed by atoms with Crippen molar-refractivity contribution in [3.63, 3.8) is 0 Å². The summed E-state index contributed by atoms with van der Waals surface area (Å²) in [7, 11) is 0. The number of nitro groups is 1. The summed E-state index contributed by atoms with van der Waals surface area (Å²) in [6, 6.07) is 7.91. The van der Waals surface area contributed by atoms with Crippen LogP contribution in [0.5, 0.6) is 0 Å². The number of halogens is 2. The maximum Gasteiger partial charge on any atom is 0.270 e. The van der Waals surface area contributed by atoms with E-state index < -0.39 is 10.7 Å². The molecule has 0 atom stereocenters. The van der Waals surface area contributed by atoms with Crippen molar-refractivity contribution in [2.24, 2.45) is 0 Å². The van der Waals surface area contributed by atoms with E-state index in [9.17, 15) is 24.1 Å². The standard InChI is InChI=1S/C22H22ClFN4O5/c23-19-13-15(24)1-3-17(19)21(29)26-5-7-27(8-6-26)22(30)18-14-16(28(31)32)2-4-20(18)25-9-11-33-12-10-25/h1-4,13-14H,5-12H2. The van der Waals surface area contributed by atoms with Crippen LogP contribution in [0.3, 0.4) is 0 Å². The van der Waals surface area contributed by atoms with Crippen LogP contribution in [0.25, 0.3) is 0 Å². The van der Waals surface area contributed by atoms with Crippen molar-refractivity contribution in [1.29, 1.82) is 0 Å². The van der Waals surface area contributed by atoms with Crippen molar-refractivity contribution in [1.82, 2.24) is 9.80 Å². The molecule has 2 saturated heterocycles. The first kappa shape index (κ1) is 22.9. The quantitative estimate of drug-likeness (QED) is 0.497. The Balaban J connectivity index is 1.50. The summed E-state index contributed by atoms with van der Waals surface area (Å²) in [4.78, 5) is 42.0. The second-order valence-electron chi connectivity index (χ2n) is 7.77. The number of rotatable bonds is 4. The molecule has 2 aromatic carbocycles. The van der Waals surface area contributed by atoms with E-state index in [4.69, 9.17) is 16.3 Å². The van der Waals surface area contributed by atoms with Crippen LogP contribution >= 0.6 is 11.6 Å². The molecule has 0 bridgehead atoms. The largest absolute Gasteiger partial charge is 0.378 e. The molecule has 0 N–H and O–H groups in total. The summed E-state index contributed by atoms with van der Waals surface area (Å²) >= 11 is 6.01. The van der Waals surface area contributed by atoms with E-state index in [0.29, 0.717) is 32.0 Å². The van der Waals surface area contributed by atoms with Gasteiger partial charge in [0.15, 0.2) is 0 Å². The SMILES string of the molecule is O=C(c1ccc(F)cc1Cl)N1CCN(C(=O)c2cc([N+](=O)[O-])ccc2N2CCOCC2)CC1. The maximum atomic E-state index is 13.4. The number of anilines is 1. The van der Waals surface area contributed by atoms with E-state index in [1.54, 1.807) is 15.9 Å². The van der Waals surface area contributed by atoms with E-state index in [-0.39, 0.29) is 59.8 Å². The number of non-ortho nitro benzene ring substituents is 1. The molecule has 0 unspecified atom stereocenters. The molecule has 0 aliphatic carbocycles. The Morgan fingerprint density at radius 2 is 1.52 bits per heavy atom. The number of carbonyl (C=O) groups is 2. The smallest absolute Gasteiger partial charge is 0.270 e. The van der Waals surface area contributed by atoms with Crippen molar-refractivity contribution < 1.29 is 23.6 Å². The van der Waals surface area contributed by atoms with Gasteiger partial charge in [-0.3, -0.25) is 19.7 Å². The van der Waals surface area contributed by atoms with Gasteiger partial charge in [-0.25, -0.2) is 4.39 Å². The summed E-state index contributed by atoms with van der Waals surface area (Å²) in [5, 5.41) is 11.3. The first-order valence-electron chi connectivity index (χ1n) is 10.5. The van der Waals surface area contributed by atoms with Crippen molar-refractivity contribution in [2.45, 2.75) is 0 Å². The van der Waals surface area contributed by atoms with Crippen LogP contribution in [0.4, 0.5) is 15.8 Å². The van der Waals surface area contributed by atoms with E-state index in [0.717, 1.165) is 6.07 Å². The number of morpholine rings is 1. The minimum Gasteiger partial charge on any atom is -0.378 e. The normalized spacial score (nSPS) is 16.6. The maximum absolute atomic E-state index is 13.4. The average Bonchev–Trinajstić information content (AvgIpc) is 2.83. The molecule has 2 amide bonds. The molecule has 0 saturated carbocycles. The van der Waals surface area contributed by atoms with Crippen LogP contribution in [-0.4, -0.2) is 79.0 Å². The molecule has 2 aliphatic rings. The van der Waals surface area contributed by atoms with Crippen LogP contribution in [0, 0.1) is 15.9 Å². The van der Waals surface area contributed by atoms with Gasteiger partial charge in [-0.1, -0.05) is 11.6 Å². The second-order valence-corrected chi connectivity index (χ2v) is 8.17. The number of benzene rings is 2. The number of amides is 2. The molecule has 2 fully saturated rings. The van der Waals surface area contributed by atoms with Gasteiger partial charge in [0.2, 0.25) is 0 Å². The molecule has 0 aromatic heterocycles. The predicted octanol–water partition coefficient (Wildman–Crippen LogP) is 2.82. The van der Waals surface area contributed by atoms with Gasteiger partial charge in [0, 0.05) is 51.4 Å². The summed E-state index contributed by atoms with van der Waals surface area (Å²) < 4.78 is 18.7. The molecule has 11 heteroatoms. The molecule has 2 aliphatic heterocycles. The fourth-order valence-electron chi connectivity index (χ4n) is 4.01. The average molecular weight is 477 g/mol. The van der Waals surface area contributed by atoms with Crippen LogP contribution in [0.1, 0.15) is 20.7 Å². The van der Waals surface area contributed by atoms with Gasteiger partial charge in [0.05, 0.1) is 40.0 Å². The van der Waals surface area contributed by atoms with Crippen LogP contribution in [0.2, 0.25) is 5.02 Å². The number of carbonyl (C=O) groups excluding carboxylic acids is 2. The van der Waals surface area contributed by atoms with Crippen molar-refractivity contribution in [3.05, 3.63) is 68.5 Å². The third-order valence-electron chi connectivity index (χ3n) is 5.79. The number of ether oxygens (including phenoxy) is 1. The molecule has 4 rings (SSSR count). The minimum absolute atomic E-state index is 0.0326. The second kappa shape index (κ2) is 9.72. The van der Waals surface area contributed by atoms with E-state index >= 15 is 0 Å². The highest BCUT2D eigenvalue weighted by Crippen LogP contribution is 2.28. The Kier molecular flexibility index (Phi) is 6.75. The summed E-state index contributed by atoms with van der Waals surface area (Å²) in [6.07, 6.45) is 0. The van der Waals surface area contributed by atoms with Gasteiger partial charge in [-0.15, -0.1) is 0 Å². The van der Waals surface area contributed by atoms with Gasteiger partial charge in [0.1, 0.15) is 5.82 Å². The Labute approximate surface area is 194 Å². The first-order valence-corrected chi connectivity index (χ1v) is 10.9. The monoisotopic (exact) mass is 476 g/mol. The molecule has 2 aromatic rings. The van der Waals surface area contributed by atoms with Crippen molar-refractivity contribution in [2.75, 3.05) is 57.4 Å². The van der Waals surface area contributed by atoms with E-state index in [2.05, 4.69) is 0 Å². The number of piperazine rings is 1. The Bertz CT molecular complexity index is 1080. The van der Waals surface area contributed by atoms with Crippen LogP contribution < -0.4 is 4.90 Å². The lowest BCUT2D eigenvalue weighted by Gasteiger charge is -2.36. The summed E-state index contributed by atoms with van der Waals surface area (Å²) in [5.41, 5.74) is 0.930. The van der Waals surface area contributed by atoms with E-state index in [1.807, 2.05) is 4.90 Å². The highest BCUT2D eigenvalue weighted by molar-refractivity contribution is 6.33. The molecule has 0 radical (unpaired) electrons.